The molecular weight excluding hydrogens is 414 g/mol. The van der Waals surface area contributed by atoms with Crippen molar-refractivity contribution in [1.82, 2.24) is 15.6 Å². The number of anilines is 1. The zero-order chi connectivity index (χ0) is 22.2. The standard InChI is InChI=1S/C21H21F4N5O/c22-20(5-7-27-12-20)19(31)29-15-8-14(21(23,24)25)10-30(11-15)17-4-3-13(9-26)18-16(17)2-1-6-28-18/h1-4,6,14-15,27H,5,7-8,10-12H2,(H,29,31)/t14-,15+,20?/m0/s1. The van der Waals surface area contributed by atoms with Crippen LogP contribution >= 0.6 is 0 Å². The first-order chi connectivity index (χ1) is 14.7. The van der Waals surface area contributed by atoms with Crippen molar-refractivity contribution in [2.45, 2.75) is 30.7 Å². The SMILES string of the molecule is N#Cc1ccc(N2C[C@H](NC(=O)C3(F)CCNC3)C[C@H](C(F)(F)F)C2)c2cccnc12. The van der Waals surface area contributed by atoms with Crippen molar-refractivity contribution in [3.8, 4) is 6.07 Å². The number of nitriles is 1. The van der Waals surface area contributed by atoms with Crippen LogP contribution in [0.4, 0.5) is 23.2 Å². The summed E-state index contributed by atoms with van der Waals surface area (Å²) in [7, 11) is 0. The van der Waals surface area contributed by atoms with Crippen LogP contribution in [0.15, 0.2) is 30.5 Å². The number of benzene rings is 1. The molecule has 2 aliphatic rings. The molecule has 6 nitrogen and oxygen atoms in total. The molecule has 1 amide bonds. The fourth-order valence-corrected chi connectivity index (χ4v) is 4.33. The molecule has 0 aliphatic carbocycles. The molecule has 0 saturated carbocycles. The summed E-state index contributed by atoms with van der Waals surface area (Å²) in [6, 6.07) is 7.63. The second-order valence-corrected chi connectivity index (χ2v) is 8.09. The third kappa shape index (κ3) is 4.14. The van der Waals surface area contributed by atoms with Crippen LogP contribution in [0.3, 0.4) is 0 Å². The Bertz CT molecular complexity index is 1030. The Balaban J connectivity index is 1.65. The minimum atomic E-state index is -4.47. The Labute approximate surface area is 176 Å². The molecule has 1 aromatic heterocycles. The van der Waals surface area contributed by atoms with Crippen molar-refractivity contribution < 1.29 is 22.4 Å². The van der Waals surface area contributed by atoms with Crippen LogP contribution in [0.2, 0.25) is 0 Å². The number of amides is 1. The maximum atomic E-state index is 14.8. The number of carbonyl (C=O) groups excluding carboxylic acids is 1. The van der Waals surface area contributed by atoms with Gasteiger partial charge in [0.15, 0.2) is 0 Å². The lowest BCUT2D eigenvalue weighted by atomic mass is 9.91. The Kier molecular flexibility index (Phi) is 5.47. The normalized spacial score (nSPS) is 26.6. The number of fused-ring (bicyclic) bond motifs is 1. The third-order valence-electron chi connectivity index (χ3n) is 5.97. The van der Waals surface area contributed by atoms with Crippen LogP contribution in [0, 0.1) is 17.2 Å². The highest BCUT2D eigenvalue weighted by Gasteiger charge is 2.47. The van der Waals surface area contributed by atoms with E-state index in [-0.39, 0.29) is 32.5 Å². The number of carbonyl (C=O) groups is 1. The number of pyridine rings is 1. The number of hydrogen-bond donors (Lipinski definition) is 2. The number of piperidine rings is 1. The molecule has 2 fully saturated rings. The fourth-order valence-electron chi connectivity index (χ4n) is 4.33. The summed E-state index contributed by atoms with van der Waals surface area (Å²) in [5.74, 6) is -2.57. The van der Waals surface area contributed by atoms with E-state index in [4.69, 9.17) is 0 Å². The van der Waals surface area contributed by atoms with Crippen molar-refractivity contribution in [2.75, 3.05) is 31.1 Å². The maximum Gasteiger partial charge on any atom is 0.393 e. The van der Waals surface area contributed by atoms with Crippen LogP contribution in [-0.4, -0.2) is 55.0 Å². The molecule has 2 aromatic rings. The third-order valence-corrected chi connectivity index (χ3v) is 5.97. The number of hydrogen-bond acceptors (Lipinski definition) is 5. The summed E-state index contributed by atoms with van der Waals surface area (Å²) >= 11 is 0. The average molecular weight is 435 g/mol. The van der Waals surface area contributed by atoms with E-state index in [1.807, 2.05) is 6.07 Å². The highest BCUT2D eigenvalue weighted by atomic mass is 19.4. The van der Waals surface area contributed by atoms with Crippen LogP contribution in [-0.2, 0) is 4.79 Å². The lowest BCUT2D eigenvalue weighted by molar-refractivity contribution is -0.178. The Morgan fingerprint density at radius 3 is 2.81 bits per heavy atom. The summed E-state index contributed by atoms with van der Waals surface area (Å²) in [6.45, 7) is -0.00811. The quantitative estimate of drug-likeness (QED) is 0.725. The van der Waals surface area contributed by atoms with Gasteiger partial charge in [0.05, 0.1) is 17.0 Å². The topological polar surface area (TPSA) is 81.0 Å². The number of nitrogens with zero attached hydrogens (tertiary/aromatic N) is 3. The van der Waals surface area contributed by atoms with Crippen LogP contribution in [0.25, 0.3) is 10.9 Å². The number of halogens is 4. The largest absolute Gasteiger partial charge is 0.393 e. The van der Waals surface area contributed by atoms with Crippen molar-refractivity contribution in [2.24, 2.45) is 5.92 Å². The van der Waals surface area contributed by atoms with E-state index in [0.717, 1.165) is 0 Å². The average Bonchev–Trinajstić information content (AvgIpc) is 3.20. The van der Waals surface area contributed by atoms with Crippen molar-refractivity contribution >= 4 is 22.5 Å². The van der Waals surface area contributed by atoms with Gasteiger partial charge in [-0.1, -0.05) is 0 Å². The molecule has 164 valence electrons. The maximum absolute atomic E-state index is 14.8. The first-order valence-electron chi connectivity index (χ1n) is 10.0. The second-order valence-electron chi connectivity index (χ2n) is 8.09. The predicted octanol–water partition coefficient (Wildman–Crippen LogP) is 2.68. The van der Waals surface area contributed by atoms with Gasteiger partial charge in [0.25, 0.3) is 5.91 Å². The molecular formula is C21H21F4N5O. The van der Waals surface area contributed by atoms with E-state index in [0.29, 0.717) is 28.7 Å². The van der Waals surface area contributed by atoms with Crippen LogP contribution in [0.5, 0.6) is 0 Å². The van der Waals surface area contributed by atoms with Gasteiger partial charge in [-0.05, 0) is 37.2 Å². The van der Waals surface area contributed by atoms with Gasteiger partial charge in [-0.15, -0.1) is 0 Å². The van der Waals surface area contributed by atoms with E-state index in [1.165, 1.54) is 17.2 Å². The van der Waals surface area contributed by atoms with Gasteiger partial charge in [-0.25, -0.2) is 4.39 Å². The lowest BCUT2D eigenvalue weighted by Crippen LogP contribution is -2.57. The summed E-state index contributed by atoms with van der Waals surface area (Å²) in [5.41, 5.74) is -0.896. The first kappa shape index (κ1) is 21.3. The van der Waals surface area contributed by atoms with Gasteiger partial charge in [0, 0.05) is 49.4 Å². The highest BCUT2D eigenvalue weighted by Crippen LogP contribution is 2.37. The zero-order valence-electron chi connectivity index (χ0n) is 16.5. The van der Waals surface area contributed by atoms with Crippen LogP contribution in [0.1, 0.15) is 18.4 Å². The van der Waals surface area contributed by atoms with Gasteiger partial charge < -0.3 is 15.5 Å². The van der Waals surface area contributed by atoms with Gasteiger partial charge in [-0.3, -0.25) is 9.78 Å². The summed E-state index contributed by atoms with van der Waals surface area (Å²) in [5, 5.41) is 15.1. The summed E-state index contributed by atoms with van der Waals surface area (Å²) in [4.78, 5) is 18.2. The first-order valence-corrected chi connectivity index (χ1v) is 10.0. The number of nitrogens with one attached hydrogen (secondary N) is 2. The minimum Gasteiger partial charge on any atom is -0.368 e. The molecule has 3 atom stereocenters. The zero-order valence-corrected chi connectivity index (χ0v) is 16.5. The predicted molar refractivity (Wildman–Crippen MR) is 106 cm³/mol. The van der Waals surface area contributed by atoms with E-state index < -0.39 is 29.7 Å². The summed E-state index contributed by atoms with van der Waals surface area (Å²) < 4.78 is 55.8. The molecule has 2 saturated heterocycles. The molecule has 31 heavy (non-hydrogen) atoms. The molecule has 2 N–H and O–H groups in total. The van der Waals surface area contributed by atoms with Gasteiger partial charge in [0.2, 0.25) is 5.67 Å². The Hall–Kier alpha value is -2.93. The molecule has 3 heterocycles. The molecule has 4 rings (SSSR count). The molecule has 1 unspecified atom stereocenters. The fraction of sp³-hybridized carbons (Fsp3) is 0.476. The Morgan fingerprint density at radius 2 is 2.13 bits per heavy atom. The van der Waals surface area contributed by atoms with E-state index in [1.54, 1.807) is 18.2 Å². The molecule has 2 aliphatic heterocycles. The van der Waals surface area contributed by atoms with E-state index in [2.05, 4.69) is 15.6 Å². The highest BCUT2D eigenvalue weighted by molar-refractivity contribution is 5.95. The van der Waals surface area contributed by atoms with Crippen molar-refractivity contribution in [1.29, 1.82) is 5.26 Å². The number of aromatic nitrogens is 1. The smallest absolute Gasteiger partial charge is 0.368 e. The number of alkyl halides is 4. The Morgan fingerprint density at radius 1 is 1.32 bits per heavy atom. The molecule has 0 spiro atoms. The van der Waals surface area contributed by atoms with Gasteiger partial charge >= 0.3 is 6.18 Å². The second kappa shape index (κ2) is 7.96. The van der Waals surface area contributed by atoms with Crippen LogP contribution < -0.4 is 15.5 Å². The lowest BCUT2D eigenvalue weighted by Gasteiger charge is -2.41. The summed E-state index contributed by atoms with van der Waals surface area (Å²) in [6.07, 6.45) is -3.28. The van der Waals surface area contributed by atoms with Gasteiger partial charge in [-0.2, -0.15) is 18.4 Å². The molecule has 0 radical (unpaired) electrons. The van der Waals surface area contributed by atoms with Gasteiger partial charge in [0.1, 0.15) is 6.07 Å². The molecule has 1 aromatic carbocycles. The van der Waals surface area contributed by atoms with E-state index >= 15 is 0 Å². The monoisotopic (exact) mass is 435 g/mol. The number of rotatable bonds is 3. The van der Waals surface area contributed by atoms with Crippen molar-refractivity contribution in [3.63, 3.8) is 0 Å². The van der Waals surface area contributed by atoms with E-state index in [9.17, 15) is 27.6 Å². The molecule has 10 heteroatoms. The van der Waals surface area contributed by atoms with Crippen molar-refractivity contribution in [3.05, 3.63) is 36.0 Å². The molecule has 0 bridgehead atoms. The minimum absolute atomic E-state index is 0.0100.